The first-order valence-corrected chi connectivity index (χ1v) is 6.00. The van der Waals surface area contributed by atoms with Gasteiger partial charge in [0, 0.05) is 18.0 Å². The first-order chi connectivity index (χ1) is 9.12. The Bertz CT molecular complexity index is 460. The van der Waals surface area contributed by atoms with Crippen LogP contribution < -0.4 is 10.5 Å². The highest BCUT2D eigenvalue weighted by Crippen LogP contribution is 2.33. The van der Waals surface area contributed by atoms with E-state index < -0.39 is 38.3 Å². The van der Waals surface area contributed by atoms with Crippen molar-refractivity contribution < 1.29 is 22.3 Å². The minimum atomic E-state index is -1.32. The summed E-state index contributed by atoms with van der Waals surface area (Å²) in [7, 11) is 0. The average molecular weight is 314 g/mol. The molecule has 20 heavy (non-hydrogen) atoms. The minimum absolute atomic E-state index is 0. The van der Waals surface area contributed by atoms with Gasteiger partial charge in [-0.25, -0.2) is 17.6 Å². The molecule has 1 aliphatic rings. The van der Waals surface area contributed by atoms with Crippen LogP contribution >= 0.6 is 12.4 Å². The number of hydrogen-bond donors (Lipinski definition) is 1. The molecule has 0 aromatic heterocycles. The van der Waals surface area contributed by atoms with E-state index in [-0.39, 0.29) is 34.8 Å². The molecule has 2 rings (SSSR count). The van der Waals surface area contributed by atoms with Gasteiger partial charge in [0.2, 0.25) is 0 Å². The summed E-state index contributed by atoms with van der Waals surface area (Å²) in [5.74, 6) is 0.0619. The van der Waals surface area contributed by atoms with Crippen LogP contribution in [0, 0.1) is 0 Å². The number of halogens is 5. The zero-order chi connectivity index (χ0) is 14.0. The summed E-state index contributed by atoms with van der Waals surface area (Å²) >= 11 is 0. The maximum atomic E-state index is 13.3. The molecule has 3 unspecified atom stereocenters. The highest BCUT2D eigenvalue weighted by atomic mass is 35.5. The Morgan fingerprint density at radius 3 is 2.20 bits per heavy atom. The summed E-state index contributed by atoms with van der Waals surface area (Å²) in [6.45, 7) is -2.86. The Morgan fingerprint density at radius 1 is 1.10 bits per heavy atom. The number of hydrogen-bond acceptors (Lipinski definition) is 2. The van der Waals surface area contributed by atoms with E-state index >= 15 is 0 Å². The maximum Gasteiger partial charge on any atom is 0.152 e. The van der Waals surface area contributed by atoms with Crippen molar-refractivity contribution >= 4 is 12.4 Å². The average Bonchev–Trinajstić information content (AvgIpc) is 2.45. The van der Waals surface area contributed by atoms with E-state index in [4.69, 9.17) is 10.5 Å². The van der Waals surface area contributed by atoms with E-state index in [1.165, 1.54) is 12.1 Å². The Morgan fingerprint density at radius 2 is 1.75 bits per heavy atom. The lowest BCUT2D eigenvalue weighted by atomic mass is 9.87. The molecule has 3 atom stereocenters. The van der Waals surface area contributed by atoms with Crippen molar-refractivity contribution in [3.63, 3.8) is 0 Å². The van der Waals surface area contributed by atoms with Crippen molar-refractivity contribution in [3.8, 4) is 5.75 Å². The molecule has 1 saturated carbocycles. The van der Waals surface area contributed by atoms with Gasteiger partial charge in [0.15, 0.2) is 6.17 Å². The lowest BCUT2D eigenvalue weighted by Gasteiger charge is -2.37. The third-order valence-corrected chi connectivity index (χ3v) is 3.44. The van der Waals surface area contributed by atoms with Gasteiger partial charge in [0.05, 0.1) is 0 Å². The van der Waals surface area contributed by atoms with Crippen LogP contribution in [0.4, 0.5) is 17.6 Å². The molecule has 0 amide bonds. The Balaban J connectivity index is 0.00000200. The molecular weight excluding hydrogens is 298 g/mol. The van der Waals surface area contributed by atoms with Crippen LogP contribution in [-0.4, -0.2) is 18.3 Å². The second-order valence-corrected chi connectivity index (χ2v) is 4.58. The fraction of sp³-hybridized carbons (Fsp3) is 0.538. The molecule has 1 fully saturated rings. The molecule has 1 aromatic carbocycles. The fourth-order valence-corrected chi connectivity index (χ4v) is 2.15. The molecule has 1 aliphatic carbocycles. The van der Waals surface area contributed by atoms with Crippen molar-refractivity contribution in [1.29, 1.82) is 0 Å². The van der Waals surface area contributed by atoms with E-state index in [1.54, 1.807) is 0 Å². The molecule has 0 saturated heterocycles. The zero-order valence-corrected chi connectivity index (χ0v) is 11.4. The van der Waals surface area contributed by atoms with Gasteiger partial charge in [-0.3, -0.25) is 0 Å². The quantitative estimate of drug-likeness (QED) is 0.846. The highest BCUT2D eigenvalue weighted by molar-refractivity contribution is 5.85. The summed E-state index contributed by atoms with van der Waals surface area (Å²) in [4.78, 5) is 0. The summed E-state index contributed by atoms with van der Waals surface area (Å²) in [5, 5.41) is 0. The van der Waals surface area contributed by atoms with Gasteiger partial charge in [-0.15, -0.1) is 12.4 Å². The van der Waals surface area contributed by atoms with Crippen molar-refractivity contribution in [2.24, 2.45) is 5.73 Å². The van der Waals surface area contributed by atoms with Gasteiger partial charge < -0.3 is 10.5 Å². The van der Waals surface area contributed by atoms with E-state index in [9.17, 15) is 17.6 Å². The van der Waals surface area contributed by atoms with Crippen molar-refractivity contribution in [2.75, 3.05) is 0 Å². The second kappa shape index (κ2) is 7.13. The summed E-state index contributed by atoms with van der Waals surface area (Å²) in [6, 6.07) is 2.10. The number of alkyl halides is 4. The smallest absolute Gasteiger partial charge is 0.152 e. The van der Waals surface area contributed by atoms with Crippen LogP contribution in [0.5, 0.6) is 5.75 Å². The standard InChI is InChI=1S/C13H15F4NO.ClH/c14-4-7-1-2-11(9(6-16)8(7)5-15)19-12-3-10(18)13(12)17;/h1-2,10,12-13H,3-6,18H2;1H. The van der Waals surface area contributed by atoms with Crippen LogP contribution in [0.3, 0.4) is 0 Å². The van der Waals surface area contributed by atoms with E-state index in [2.05, 4.69) is 0 Å². The predicted molar refractivity (Wildman–Crippen MR) is 70.0 cm³/mol. The van der Waals surface area contributed by atoms with Gasteiger partial charge >= 0.3 is 0 Å². The monoisotopic (exact) mass is 313 g/mol. The molecule has 2 N–H and O–H groups in total. The predicted octanol–water partition coefficient (Wildman–Crippen LogP) is 3.33. The van der Waals surface area contributed by atoms with E-state index in [0.717, 1.165) is 0 Å². The molecule has 0 radical (unpaired) electrons. The fourth-order valence-electron chi connectivity index (χ4n) is 2.15. The normalized spacial score (nSPS) is 24.8. The van der Waals surface area contributed by atoms with Gasteiger partial charge in [-0.1, -0.05) is 6.07 Å². The first kappa shape index (κ1) is 17.0. The third-order valence-electron chi connectivity index (χ3n) is 3.44. The van der Waals surface area contributed by atoms with Gasteiger partial charge in [0.1, 0.15) is 31.9 Å². The number of ether oxygens (including phenoxy) is 1. The molecule has 7 heteroatoms. The molecule has 0 aliphatic heterocycles. The molecule has 0 spiro atoms. The molecule has 2 nitrogen and oxygen atoms in total. The van der Waals surface area contributed by atoms with Crippen LogP contribution in [-0.2, 0) is 20.0 Å². The first-order valence-electron chi connectivity index (χ1n) is 6.00. The van der Waals surface area contributed by atoms with E-state index in [1.807, 2.05) is 0 Å². The summed E-state index contributed by atoms with van der Waals surface area (Å²) < 4.78 is 57.2. The lowest BCUT2D eigenvalue weighted by Crippen LogP contribution is -2.55. The second-order valence-electron chi connectivity index (χ2n) is 4.58. The number of benzene rings is 1. The van der Waals surface area contributed by atoms with Gasteiger partial charge in [-0.05, 0) is 17.2 Å². The lowest BCUT2D eigenvalue weighted by molar-refractivity contribution is -0.00100. The van der Waals surface area contributed by atoms with Crippen LogP contribution in [0.2, 0.25) is 0 Å². The van der Waals surface area contributed by atoms with Crippen molar-refractivity contribution in [2.45, 2.75) is 44.8 Å². The summed E-state index contributed by atoms with van der Waals surface area (Å²) in [6.07, 6.45) is -1.74. The van der Waals surface area contributed by atoms with Gasteiger partial charge in [0.25, 0.3) is 0 Å². The Labute approximate surface area is 120 Å². The van der Waals surface area contributed by atoms with Crippen molar-refractivity contribution in [3.05, 3.63) is 28.8 Å². The molecule has 0 bridgehead atoms. The van der Waals surface area contributed by atoms with E-state index in [0.29, 0.717) is 6.42 Å². The largest absolute Gasteiger partial charge is 0.487 e. The maximum absolute atomic E-state index is 13.3. The third kappa shape index (κ3) is 3.01. The van der Waals surface area contributed by atoms with Crippen LogP contribution in [0.25, 0.3) is 0 Å². The molecule has 0 heterocycles. The van der Waals surface area contributed by atoms with Crippen molar-refractivity contribution in [1.82, 2.24) is 0 Å². The number of nitrogens with two attached hydrogens (primary N) is 1. The minimum Gasteiger partial charge on any atom is -0.487 e. The molecular formula is C13H16ClF4NO. The molecule has 1 aromatic rings. The zero-order valence-electron chi connectivity index (χ0n) is 10.6. The van der Waals surface area contributed by atoms with Crippen LogP contribution in [0.1, 0.15) is 23.1 Å². The van der Waals surface area contributed by atoms with Crippen LogP contribution in [0.15, 0.2) is 12.1 Å². The SMILES string of the molecule is Cl.NC1CC(Oc2ccc(CF)c(CF)c2CF)C1F. The topological polar surface area (TPSA) is 35.2 Å². The van der Waals surface area contributed by atoms with Gasteiger partial charge in [-0.2, -0.15) is 0 Å². The Kier molecular flexibility index (Phi) is 6.07. The number of rotatable bonds is 5. The Hall–Kier alpha value is -1.01. The summed E-state index contributed by atoms with van der Waals surface area (Å²) in [5.41, 5.74) is 5.38. The molecule has 114 valence electrons. The highest BCUT2D eigenvalue weighted by Gasteiger charge is 2.41.